The quantitative estimate of drug-likeness (QED) is 0.0351. The Balaban J connectivity index is 0.00000484. The number of carbonyl (C=O) groups excluding carboxylic acids is 1. The summed E-state index contributed by atoms with van der Waals surface area (Å²) in [6.45, 7) is -3.00. The van der Waals surface area contributed by atoms with Crippen LogP contribution in [0.2, 0.25) is 0 Å². The summed E-state index contributed by atoms with van der Waals surface area (Å²) in [6, 6.07) is -1.03. The first kappa shape index (κ1) is 41.5. The third kappa shape index (κ3) is 10.7. The van der Waals surface area contributed by atoms with E-state index in [1.807, 2.05) is 10.3 Å². The maximum Gasteiger partial charge on any atom is 1.00 e. The Morgan fingerprint density at radius 2 is 1.73 bits per heavy atom. The number of rotatable bonds is 12. The molecule has 0 aliphatic carbocycles. The molecular weight excluding hydrogens is 668 g/mol. The van der Waals surface area contributed by atoms with Crippen molar-refractivity contribution in [2.24, 2.45) is 5.11 Å². The monoisotopic (exact) mass is 692 g/mol. The number of carbonyl (C=O) groups is 1. The van der Waals surface area contributed by atoms with Crippen LogP contribution in [0.5, 0.6) is 0 Å². The molecule has 3 heterocycles. The fourth-order valence-corrected chi connectivity index (χ4v) is 5.92. The van der Waals surface area contributed by atoms with Gasteiger partial charge in [0.05, 0.1) is 13.2 Å². The van der Waals surface area contributed by atoms with Gasteiger partial charge in [-0.1, -0.05) is 5.11 Å². The summed E-state index contributed by atoms with van der Waals surface area (Å²) >= 11 is 0. The van der Waals surface area contributed by atoms with Gasteiger partial charge >= 0.3 is 64.8 Å². The summed E-state index contributed by atoms with van der Waals surface area (Å²) in [4.78, 5) is 63.9. The van der Waals surface area contributed by atoms with Gasteiger partial charge in [0.1, 0.15) is 49.2 Å². The summed E-state index contributed by atoms with van der Waals surface area (Å²) in [6.07, 6.45) is -14.0. The first-order valence-electron chi connectivity index (χ1n) is 11.5. The van der Waals surface area contributed by atoms with Gasteiger partial charge in [0, 0.05) is 17.2 Å². The van der Waals surface area contributed by atoms with Gasteiger partial charge in [-0.3, -0.25) is 32.8 Å². The van der Waals surface area contributed by atoms with Crippen LogP contribution in [0.25, 0.3) is 10.4 Å². The zero-order valence-corrected chi connectivity index (χ0v) is 28.6. The smallest absolute Gasteiger partial charge is 0.756 e. The molecule has 0 aromatic carbocycles. The van der Waals surface area contributed by atoms with Crippen LogP contribution in [0.3, 0.4) is 0 Å². The first-order valence-corrected chi connectivity index (χ1v) is 14.4. The summed E-state index contributed by atoms with van der Waals surface area (Å²) < 4.78 is 48.4. The van der Waals surface area contributed by atoms with E-state index in [1.165, 1.54) is 0 Å². The van der Waals surface area contributed by atoms with Gasteiger partial charge in [0.2, 0.25) is 5.91 Å². The molecule has 236 valence electrons. The van der Waals surface area contributed by atoms with Gasteiger partial charge in [0.25, 0.3) is 21.2 Å². The van der Waals surface area contributed by atoms with E-state index in [0.717, 1.165) is 12.3 Å². The van der Waals surface area contributed by atoms with Crippen molar-refractivity contribution in [1.82, 2.24) is 14.9 Å². The van der Waals surface area contributed by atoms with E-state index in [0.29, 0.717) is 4.57 Å². The van der Waals surface area contributed by atoms with Crippen molar-refractivity contribution >= 4 is 21.6 Å². The summed E-state index contributed by atoms with van der Waals surface area (Å²) in [5.41, 5.74) is 6.49. The molecule has 2 aliphatic rings. The van der Waals surface area contributed by atoms with Crippen molar-refractivity contribution in [2.45, 2.75) is 55.2 Å². The molecule has 23 nitrogen and oxygen atoms in total. The molecule has 11 unspecified atom stereocenters. The predicted molar refractivity (Wildman–Crippen MR) is 124 cm³/mol. The number of nitrogens with one attached hydrogen (secondary N) is 2. The van der Waals surface area contributed by atoms with Gasteiger partial charge in [0.15, 0.2) is 12.5 Å². The number of ether oxygens (including phenoxy) is 2. The molecule has 1 aromatic rings. The van der Waals surface area contributed by atoms with Gasteiger partial charge < -0.3 is 54.6 Å². The van der Waals surface area contributed by atoms with Crippen LogP contribution < -0.4 is 85.5 Å². The fourth-order valence-electron chi connectivity index (χ4n) is 3.83. The third-order valence-electron chi connectivity index (χ3n) is 5.78. The van der Waals surface area contributed by atoms with Gasteiger partial charge in [-0.15, -0.1) is 0 Å². The van der Waals surface area contributed by atoms with E-state index in [1.54, 1.807) is 0 Å². The van der Waals surface area contributed by atoms with Crippen molar-refractivity contribution in [3.05, 3.63) is 43.5 Å². The third-order valence-corrected chi connectivity index (χ3v) is 8.31. The van der Waals surface area contributed by atoms with Gasteiger partial charge in [-0.25, -0.2) is 9.11 Å². The fraction of sp³-hybridized carbons (Fsp3) is 0.706. The molecule has 0 spiro atoms. The zero-order chi connectivity index (χ0) is 31.4. The van der Waals surface area contributed by atoms with Crippen LogP contribution in [0.15, 0.2) is 27.0 Å². The average molecular weight is 692 g/mol. The van der Waals surface area contributed by atoms with E-state index in [9.17, 15) is 58.8 Å². The number of amides is 1. The summed E-state index contributed by atoms with van der Waals surface area (Å²) in [5.74, 6) is -1.11. The molecule has 44 heavy (non-hydrogen) atoms. The SMILES string of the molecule is [N-]=[N+]=NCC(=O)NC1C(OP(=O)([O-])OP(=O)([O-])OCC2OC(n3ccc(=O)[nH]c3=O)C(O)C2O)OC(CO)C(O)C1O.[Na+].[Na+]. The molecule has 3 rings (SSSR count). The Morgan fingerprint density at radius 3 is 2.32 bits per heavy atom. The summed E-state index contributed by atoms with van der Waals surface area (Å²) in [7, 11) is -11.9. The molecule has 1 amide bonds. The second-order valence-electron chi connectivity index (χ2n) is 8.63. The van der Waals surface area contributed by atoms with Crippen LogP contribution in [0.4, 0.5) is 0 Å². The molecule has 2 saturated heterocycles. The second-order valence-corrected chi connectivity index (χ2v) is 11.5. The van der Waals surface area contributed by atoms with Crippen LogP contribution in [-0.2, 0) is 36.8 Å². The number of phosphoric ester groups is 2. The Kier molecular flexibility index (Phi) is 16.5. The molecule has 0 radical (unpaired) electrons. The van der Waals surface area contributed by atoms with Crippen LogP contribution in [-0.4, -0.2) is 110 Å². The molecule has 27 heteroatoms. The molecule has 0 bridgehead atoms. The minimum Gasteiger partial charge on any atom is -0.756 e. The molecule has 7 N–H and O–H groups in total. The zero-order valence-electron chi connectivity index (χ0n) is 22.8. The predicted octanol–water partition coefficient (Wildman–Crippen LogP) is -11.6. The summed E-state index contributed by atoms with van der Waals surface area (Å²) in [5, 5.41) is 54.9. The number of hydrogen-bond donors (Lipinski definition) is 7. The number of hydrogen-bond acceptors (Lipinski definition) is 18. The van der Waals surface area contributed by atoms with Crippen molar-refractivity contribution < 1.29 is 131 Å². The minimum atomic E-state index is -6.04. The Morgan fingerprint density at radius 1 is 1.09 bits per heavy atom. The number of H-pyrrole nitrogens is 1. The van der Waals surface area contributed by atoms with Crippen LogP contribution in [0, 0.1) is 0 Å². The van der Waals surface area contributed by atoms with E-state index >= 15 is 0 Å². The normalized spacial score (nSPS) is 32.6. The standard InChI is InChI=1S/C17H26N6O17P2.2Na/c18-22-19-3-9(26)20-10-13(29)11(27)6(4-24)38-16(10)39-42(34,35)40-41(32,33)36-5-7-12(28)14(30)15(37-7)23-2-1-8(25)21-17(23)31;;/h1-2,6-7,10-16,24,27-30H,3-5H2,(H,20,26)(H,32,33)(H,34,35)(H,21,25,31);;/q;2*+1/p-2. The molecule has 0 saturated carbocycles. The Hall–Kier alpha value is -0.560. The molecule has 11 atom stereocenters. The van der Waals surface area contributed by atoms with Crippen LogP contribution >= 0.6 is 15.6 Å². The maximum atomic E-state index is 12.4. The van der Waals surface area contributed by atoms with Crippen molar-refractivity contribution in [2.75, 3.05) is 19.8 Å². The molecule has 1 aromatic heterocycles. The average Bonchev–Trinajstić information content (AvgIpc) is 3.18. The Bertz CT molecular complexity index is 1400. The largest absolute Gasteiger partial charge is 1.00 e. The van der Waals surface area contributed by atoms with E-state index in [2.05, 4.69) is 23.4 Å². The van der Waals surface area contributed by atoms with Crippen molar-refractivity contribution in [3.8, 4) is 0 Å². The van der Waals surface area contributed by atoms with Crippen molar-refractivity contribution in [3.63, 3.8) is 0 Å². The van der Waals surface area contributed by atoms with E-state index < -0.39 is 108 Å². The number of azide groups is 1. The van der Waals surface area contributed by atoms with E-state index in [4.69, 9.17) is 15.0 Å². The number of phosphoric acid groups is 2. The molecule has 2 fully saturated rings. The van der Waals surface area contributed by atoms with Gasteiger partial charge in [-0.05, 0) is 5.53 Å². The molecular formula is C17H24N6Na2O17P2. The first-order chi connectivity index (χ1) is 19.6. The van der Waals surface area contributed by atoms with Crippen LogP contribution in [0.1, 0.15) is 6.23 Å². The number of nitrogens with zero attached hydrogens (tertiary/aromatic N) is 4. The number of aliphatic hydroxyl groups excluding tert-OH is 5. The number of aromatic nitrogens is 2. The maximum absolute atomic E-state index is 12.4. The number of aliphatic hydroxyl groups is 5. The second kappa shape index (κ2) is 17.6. The Labute approximate surface area is 289 Å². The van der Waals surface area contributed by atoms with E-state index in [-0.39, 0.29) is 59.1 Å². The minimum absolute atomic E-state index is 0. The topological polar surface area (TPSA) is 360 Å². The molecule has 2 aliphatic heterocycles. The van der Waals surface area contributed by atoms with Gasteiger partial charge in [-0.2, -0.15) is 0 Å². The van der Waals surface area contributed by atoms with Crippen molar-refractivity contribution in [1.29, 1.82) is 0 Å². The number of aromatic amines is 1.